The lowest BCUT2D eigenvalue weighted by Gasteiger charge is -2.16. The van der Waals surface area contributed by atoms with Gasteiger partial charge in [-0.2, -0.15) is 0 Å². The molecule has 0 aromatic heterocycles. The Bertz CT molecular complexity index is 528. The van der Waals surface area contributed by atoms with E-state index in [4.69, 9.17) is 9.47 Å². The van der Waals surface area contributed by atoms with Crippen LogP contribution in [0.3, 0.4) is 0 Å². The van der Waals surface area contributed by atoms with E-state index in [1.165, 1.54) is 14.2 Å². The molecule has 0 spiro atoms. The number of likely N-dealkylation sites (N-methyl/N-ethyl adjacent to an activating group) is 1. The molecule has 0 radical (unpaired) electrons. The molecule has 20 heavy (non-hydrogen) atoms. The second-order valence-electron chi connectivity index (χ2n) is 4.51. The number of carbonyl (C=O) groups is 1. The molecule has 0 aliphatic carbocycles. The van der Waals surface area contributed by atoms with Gasteiger partial charge >= 0.3 is 5.97 Å². The summed E-state index contributed by atoms with van der Waals surface area (Å²) in [5, 5.41) is 3.27. The molecule has 2 rings (SSSR count). The highest BCUT2D eigenvalue weighted by molar-refractivity contribution is 5.92. The van der Waals surface area contributed by atoms with E-state index < -0.39 is 5.97 Å². The van der Waals surface area contributed by atoms with Gasteiger partial charge in [0.1, 0.15) is 11.3 Å². The van der Waals surface area contributed by atoms with Gasteiger partial charge in [-0.1, -0.05) is 6.07 Å². The Morgan fingerprint density at radius 3 is 2.85 bits per heavy atom. The molecule has 0 amide bonds. The van der Waals surface area contributed by atoms with E-state index in [9.17, 15) is 4.79 Å². The van der Waals surface area contributed by atoms with Crippen molar-refractivity contribution in [3.63, 3.8) is 0 Å². The van der Waals surface area contributed by atoms with Crippen LogP contribution in [-0.2, 0) is 11.3 Å². The summed E-state index contributed by atoms with van der Waals surface area (Å²) in [4.78, 5) is 18.0. The van der Waals surface area contributed by atoms with Crippen LogP contribution in [0.25, 0.3) is 0 Å². The second-order valence-corrected chi connectivity index (χ2v) is 4.51. The lowest BCUT2D eigenvalue weighted by molar-refractivity contribution is 0.0597. The van der Waals surface area contributed by atoms with Crippen LogP contribution in [0.2, 0.25) is 0 Å². The molecule has 0 atom stereocenters. The number of nitrogens with zero attached hydrogens (tertiary/aromatic N) is 2. The van der Waals surface area contributed by atoms with E-state index in [2.05, 4.69) is 15.2 Å². The van der Waals surface area contributed by atoms with Gasteiger partial charge in [0.2, 0.25) is 0 Å². The third kappa shape index (κ3) is 3.01. The van der Waals surface area contributed by atoms with Crippen LogP contribution in [0, 0.1) is 0 Å². The molecule has 6 heteroatoms. The zero-order valence-electron chi connectivity index (χ0n) is 12.0. The van der Waals surface area contributed by atoms with Crippen molar-refractivity contribution in [3.8, 4) is 5.75 Å². The van der Waals surface area contributed by atoms with E-state index in [0.717, 1.165) is 24.6 Å². The van der Waals surface area contributed by atoms with Gasteiger partial charge in [-0.15, -0.1) is 0 Å². The number of esters is 1. The predicted molar refractivity (Wildman–Crippen MR) is 76.1 cm³/mol. The average molecular weight is 277 g/mol. The highest BCUT2D eigenvalue weighted by atomic mass is 16.5. The van der Waals surface area contributed by atoms with E-state index in [1.807, 2.05) is 19.2 Å². The monoisotopic (exact) mass is 277 g/mol. The lowest BCUT2D eigenvalue weighted by Crippen LogP contribution is -2.35. The zero-order chi connectivity index (χ0) is 14.5. The molecule has 1 heterocycles. The third-order valence-electron chi connectivity index (χ3n) is 3.18. The summed E-state index contributed by atoms with van der Waals surface area (Å²) in [6.07, 6.45) is 0. The van der Waals surface area contributed by atoms with Crippen molar-refractivity contribution >= 4 is 11.9 Å². The highest BCUT2D eigenvalue weighted by Gasteiger charge is 2.14. The van der Waals surface area contributed by atoms with Crippen molar-refractivity contribution in [2.45, 2.75) is 6.54 Å². The van der Waals surface area contributed by atoms with Crippen LogP contribution in [0.4, 0.5) is 0 Å². The standard InChI is InChI=1S/C14H19N3O3/c1-17-7-6-15-14(17)16-9-10-4-5-11(13(18)20-3)12(8-10)19-2/h4-5,8H,6-7,9H2,1-3H3,(H,15,16). The maximum Gasteiger partial charge on any atom is 0.341 e. The van der Waals surface area contributed by atoms with Gasteiger partial charge in [0.25, 0.3) is 0 Å². The number of rotatable bonds is 4. The summed E-state index contributed by atoms with van der Waals surface area (Å²) < 4.78 is 9.95. The van der Waals surface area contributed by atoms with E-state index in [0.29, 0.717) is 17.9 Å². The Labute approximate surface area is 118 Å². The first kappa shape index (κ1) is 14.2. The summed E-state index contributed by atoms with van der Waals surface area (Å²) in [6, 6.07) is 5.41. The van der Waals surface area contributed by atoms with Crippen molar-refractivity contribution in [3.05, 3.63) is 29.3 Å². The molecule has 0 saturated carbocycles. The fourth-order valence-electron chi connectivity index (χ4n) is 2.03. The highest BCUT2D eigenvalue weighted by Crippen LogP contribution is 2.21. The van der Waals surface area contributed by atoms with Crippen molar-refractivity contribution in [2.24, 2.45) is 4.99 Å². The minimum Gasteiger partial charge on any atom is -0.496 e. The zero-order valence-corrected chi connectivity index (χ0v) is 12.0. The third-order valence-corrected chi connectivity index (χ3v) is 3.18. The van der Waals surface area contributed by atoms with Crippen LogP contribution < -0.4 is 10.1 Å². The first-order valence-corrected chi connectivity index (χ1v) is 6.40. The molecule has 108 valence electrons. The van der Waals surface area contributed by atoms with Gasteiger partial charge in [0.05, 0.1) is 20.8 Å². The molecular formula is C14H19N3O3. The van der Waals surface area contributed by atoms with Crippen LogP contribution in [0.15, 0.2) is 23.2 Å². The van der Waals surface area contributed by atoms with Crippen LogP contribution in [0.5, 0.6) is 5.75 Å². The molecule has 1 aromatic carbocycles. The lowest BCUT2D eigenvalue weighted by atomic mass is 10.1. The maximum absolute atomic E-state index is 11.6. The summed E-state index contributed by atoms with van der Waals surface area (Å²) in [5.41, 5.74) is 1.44. The number of aliphatic imine (C=N–C) groups is 1. The van der Waals surface area contributed by atoms with Crippen LogP contribution >= 0.6 is 0 Å². The van der Waals surface area contributed by atoms with Gasteiger partial charge in [0, 0.05) is 20.1 Å². The first-order valence-electron chi connectivity index (χ1n) is 6.40. The number of ether oxygens (including phenoxy) is 2. The topological polar surface area (TPSA) is 63.2 Å². The summed E-state index contributed by atoms with van der Waals surface area (Å²) in [5.74, 6) is 1.00. The van der Waals surface area contributed by atoms with Crippen molar-refractivity contribution in [1.82, 2.24) is 10.2 Å². The van der Waals surface area contributed by atoms with E-state index in [-0.39, 0.29) is 0 Å². The predicted octanol–water partition coefficient (Wildman–Crippen LogP) is 0.873. The smallest absolute Gasteiger partial charge is 0.341 e. The molecule has 1 N–H and O–H groups in total. The van der Waals surface area contributed by atoms with Crippen molar-refractivity contribution in [2.75, 3.05) is 34.4 Å². The maximum atomic E-state index is 11.6. The number of methoxy groups -OCH3 is 2. The normalized spacial score (nSPS) is 13.9. The molecule has 1 aliphatic heterocycles. The minimum atomic E-state index is -0.402. The fraction of sp³-hybridized carbons (Fsp3) is 0.429. The molecule has 1 aromatic rings. The van der Waals surface area contributed by atoms with Crippen molar-refractivity contribution in [1.29, 1.82) is 0 Å². The molecule has 0 fully saturated rings. The number of benzene rings is 1. The fourth-order valence-corrected chi connectivity index (χ4v) is 2.03. The van der Waals surface area contributed by atoms with Crippen molar-refractivity contribution < 1.29 is 14.3 Å². The number of hydrogen-bond donors (Lipinski definition) is 1. The SMILES string of the molecule is COC(=O)c1ccc(CNC2=NCCN2C)cc1OC. The number of carbonyl (C=O) groups excluding carboxylic acids is 1. The van der Waals surface area contributed by atoms with Crippen LogP contribution in [-0.4, -0.2) is 51.2 Å². The Balaban J connectivity index is 2.08. The van der Waals surface area contributed by atoms with Gasteiger partial charge in [-0.3, -0.25) is 4.99 Å². The molecule has 0 bridgehead atoms. The summed E-state index contributed by atoms with van der Waals surface area (Å²) >= 11 is 0. The number of nitrogens with one attached hydrogen (secondary N) is 1. The molecular weight excluding hydrogens is 258 g/mol. The molecule has 1 aliphatic rings. The quantitative estimate of drug-likeness (QED) is 0.828. The minimum absolute atomic E-state index is 0.402. The largest absolute Gasteiger partial charge is 0.496 e. The van der Waals surface area contributed by atoms with Gasteiger partial charge in [-0.25, -0.2) is 4.79 Å². The second kappa shape index (κ2) is 6.27. The van der Waals surface area contributed by atoms with Crippen LogP contribution in [0.1, 0.15) is 15.9 Å². The number of hydrogen-bond acceptors (Lipinski definition) is 6. The first-order chi connectivity index (χ1) is 9.65. The summed E-state index contributed by atoms with van der Waals surface area (Å²) in [7, 11) is 4.89. The Morgan fingerprint density at radius 1 is 1.45 bits per heavy atom. The summed E-state index contributed by atoms with van der Waals surface area (Å²) in [6.45, 7) is 2.39. The average Bonchev–Trinajstić information content (AvgIpc) is 2.89. The van der Waals surface area contributed by atoms with Gasteiger partial charge < -0.3 is 19.7 Å². The van der Waals surface area contributed by atoms with E-state index >= 15 is 0 Å². The Hall–Kier alpha value is -2.24. The molecule has 6 nitrogen and oxygen atoms in total. The molecule has 0 unspecified atom stereocenters. The van der Waals surface area contributed by atoms with Gasteiger partial charge in [-0.05, 0) is 17.7 Å². The van der Waals surface area contributed by atoms with E-state index in [1.54, 1.807) is 6.07 Å². The Kier molecular flexibility index (Phi) is 4.45. The number of guanidine groups is 1. The van der Waals surface area contributed by atoms with Gasteiger partial charge in [0.15, 0.2) is 5.96 Å². The Morgan fingerprint density at radius 2 is 2.25 bits per heavy atom. The molecule has 0 saturated heterocycles.